The zero-order chi connectivity index (χ0) is 19.2. The molecule has 1 aromatic heterocycles. The van der Waals surface area contributed by atoms with Gasteiger partial charge in [0, 0.05) is 29.8 Å². The van der Waals surface area contributed by atoms with Crippen molar-refractivity contribution in [2.24, 2.45) is 0 Å². The van der Waals surface area contributed by atoms with Crippen molar-refractivity contribution in [3.63, 3.8) is 0 Å². The largest absolute Gasteiger partial charge is 0.450 e. The number of carbonyl (C=O) groups is 1. The topological polar surface area (TPSA) is 92.3 Å². The molecule has 0 aliphatic carbocycles. The van der Waals surface area contributed by atoms with Gasteiger partial charge in [0.05, 0.1) is 12.8 Å². The summed E-state index contributed by atoms with van der Waals surface area (Å²) < 4.78 is 5.04. The van der Waals surface area contributed by atoms with Crippen LogP contribution in [0.4, 0.5) is 22.2 Å². The minimum absolute atomic E-state index is 0.220. The van der Waals surface area contributed by atoms with E-state index in [9.17, 15) is 4.79 Å². The molecular formula is C18H23ClN6O2. The number of nitrogens with one attached hydrogen (secondary N) is 2. The highest BCUT2D eigenvalue weighted by Crippen LogP contribution is 2.22. The molecule has 1 saturated heterocycles. The summed E-state index contributed by atoms with van der Waals surface area (Å²) in [5, 5.41) is 15.3. The van der Waals surface area contributed by atoms with Gasteiger partial charge in [-0.25, -0.2) is 4.79 Å². The Morgan fingerprint density at radius 3 is 2.85 bits per heavy atom. The number of nitrogens with zero attached hydrogens (tertiary/aromatic N) is 4. The summed E-state index contributed by atoms with van der Waals surface area (Å²) in [6, 6.07) is 5.78. The van der Waals surface area contributed by atoms with Gasteiger partial charge >= 0.3 is 6.09 Å². The summed E-state index contributed by atoms with van der Waals surface area (Å²) in [5.74, 6) is 1.06. The lowest BCUT2D eigenvalue weighted by Gasteiger charge is -2.31. The van der Waals surface area contributed by atoms with Crippen molar-refractivity contribution in [2.75, 3.05) is 30.3 Å². The SMILES string of the molecule is CCOC(=O)N1CCC(Nc2cnnc(Nc3ccc(Cl)cc3C)n2)CC1. The fourth-order valence-corrected chi connectivity index (χ4v) is 3.17. The van der Waals surface area contributed by atoms with Crippen LogP contribution < -0.4 is 10.6 Å². The first-order valence-electron chi connectivity index (χ1n) is 8.96. The van der Waals surface area contributed by atoms with Crippen LogP contribution >= 0.6 is 11.6 Å². The highest BCUT2D eigenvalue weighted by Gasteiger charge is 2.23. The Morgan fingerprint density at radius 1 is 1.37 bits per heavy atom. The van der Waals surface area contributed by atoms with Crippen molar-refractivity contribution < 1.29 is 9.53 Å². The molecule has 1 aliphatic heterocycles. The van der Waals surface area contributed by atoms with Crippen molar-refractivity contribution in [3.8, 4) is 0 Å². The quantitative estimate of drug-likeness (QED) is 0.805. The van der Waals surface area contributed by atoms with E-state index in [4.69, 9.17) is 16.3 Å². The van der Waals surface area contributed by atoms with Crippen LogP contribution in [0.1, 0.15) is 25.3 Å². The third-order valence-corrected chi connectivity index (χ3v) is 4.60. The molecule has 1 amide bonds. The first-order valence-corrected chi connectivity index (χ1v) is 9.34. The molecule has 0 bridgehead atoms. The maximum atomic E-state index is 11.8. The molecular weight excluding hydrogens is 368 g/mol. The average Bonchev–Trinajstić information content (AvgIpc) is 2.65. The predicted octanol–water partition coefficient (Wildman–Crippen LogP) is 3.61. The Hall–Kier alpha value is -2.61. The van der Waals surface area contributed by atoms with Crippen LogP contribution in [0.3, 0.4) is 0 Å². The molecule has 0 saturated carbocycles. The number of aryl methyl sites for hydroxylation is 1. The van der Waals surface area contributed by atoms with Crippen molar-refractivity contribution in [2.45, 2.75) is 32.7 Å². The molecule has 2 N–H and O–H groups in total. The maximum absolute atomic E-state index is 11.8. The van der Waals surface area contributed by atoms with Crippen molar-refractivity contribution >= 4 is 35.1 Å². The first-order chi connectivity index (χ1) is 13.0. The summed E-state index contributed by atoms with van der Waals surface area (Å²) in [4.78, 5) is 18.0. The Kier molecular flexibility index (Phi) is 6.28. The van der Waals surface area contributed by atoms with E-state index < -0.39 is 0 Å². The van der Waals surface area contributed by atoms with Crippen LogP contribution in [0.5, 0.6) is 0 Å². The number of anilines is 3. The van der Waals surface area contributed by atoms with E-state index in [-0.39, 0.29) is 12.1 Å². The molecule has 2 aromatic rings. The molecule has 9 heteroatoms. The number of aromatic nitrogens is 3. The lowest BCUT2D eigenvalue weighted by atomic mass is 10.1. The summed E-state index contributed by atoms with van der Waals surface area (Å²) in [6.07, 6.45) is 2.99. The standard InChI is InChI=1S/C18H23ClN6O2/c1-3-27-18(26)25-8-6-14(7-9-25)21-16-11-20-24-17(23-16)22-15-5-4-13(19)10-12(15)2/h4-5,10-11,14H,3,6-9H2,1-2H3,(H2,21,22,23,24). The monoisotopic (exact) mass is 390 g/mol. The number of carbonyl (C=O) groups excluding carboxylic acids is 1. The van der Waals surface area contributed by atoms with Crippen LogP contribution in [0.15, 0.2) is 24.4 Å². The fraction of sp³-hybridized carbons (Fsp3) is 0.444. The second-order valence-corrected chi connectivity index (χ2v) is 6.79. The van der Waals surface area contributed by atoms with E-state index >= 15 is 0 Å². The third kappa shape index (κ3) is 5.19. The second-order valence-electron chi connectivity index (χ2n) is 6.35. The molecule has 1 aliphatic rings. The Bertz CT molecular complexity index is 795. The van der Waals surface area contributed by atoms with Gasteiger partial charge in [-0.05, 0) is 50.5 Å². The van der Waals surface area contributed by atoms with E-state index in [1.54, 1.807) is 11.1 Å². The zero-order valence-corrected chi connectivity index (χ0v) is 16.2. The van der Waals surface area contributed by atoms with Gasteiger partial charge in [0.15, 0.2) is 5.82 Å². The molecule has 0 atom stereocenters. The molecule has 27 heavy (non-hydrogen) atoms. The Morgan fingerprint density at radius 2 is 2.15 bits per heavy atom. The molecule has 0 spiro atoms. The van der Waals surface area contributed by atoms with Gasteiger partial charge in [-0.2, -0.15) is 10.1 Å². The molecule has 3 rings (SSSR count). The minimum Gasteiger partial charge on any atom is -0.450 e. The van der Waals surface area contributed by atoms with E-state index in [0.717, 1.165) is 24.1 Å². The van der Waals surface area contributed by atoms with Gasteiger partial charge in [-0.3, -0.25) is 0 Å². The smallest absolute Gasteiger partial charge is 0.409 e. The minimum atomic E-state index is -0.246. The van der Waals surface area contributed by atoms with Crippen LogP contribution in [0.2, 0.25) is 5.02 Å². The van der Waals surface area contributed by atoms with Crippen LogP contribution in [-0.4, -0.2) is 51.9 Å². The summed E-state index contributed by atoms with van der Waals surface area (Å²) >= 11 is 5.99. The summed E-state index contributed by atoms with van der Waals surface area (Å²) in [7, 11) is 0. The van der Waals surface area contributed by atoms with E-state index in [2.05, 4.69) is 25.8 Å². The van der Waals surface area contributed by atoms with E-state index in [1.807, 2.05) is 32.0 Å². The van der Waals surface area contributed by atoms with Crippen LogP contribution in [-0.2, 0) is 4.74 Å². The highest BCUT2D eigenvalue weighted by atomic mass is 35.5. The molecule has 2 heterocycles. The van der Waals surface area contributed by atoms with Crippen molar-refractivity contribution in [1.82, 2.24) is 20.1 Å². The zero-order valence-electron chi connectivity index (χ0n) is 15.4. The third-order valence-electron chi connectivity index (χ3n) is 4.37. The maximum Gasteiger partial charge on any atom is 0.409 e. The van der Waals surface area contributed by atoms with Gasteiger partial charge in [0.1, 0.15) is 0 Å². The fourth-order valence-electron chi connectivity index (χ4n) is 2.94. The number of hydrogen-bond acceptors (Lipinski definition) is 7. The Balaban J connectivity index is 1.57. The molecule has 1 fully saturated rings. The summed E-state index contributed by atoms with van der Waals surface area (Å²) in [5.41, 5.74) is 1.87. The molecule has 0 unspecified atom stereocenters. The highest BCUT2D eigenvalue weighted by molar-refractivity contribution is 6.30. The second kappa shape index (κ2) is 8.85. The van der Waals surface area contributed by atoms with Gasteiger partial charge < -0.3 is 20.3 Å². The van der Waals surface area contributed by atoms with Gasteiger partial charge in [-0.1, -0.05) is 11.6 Å². The molecule has 1 aromatic carbocycles. The molecule has 144 valence electrons. The number of likely N-dealkylation sites (tertiary alicyclic amines) is 1. The van der Waals surface area contributed by atoms with Crippen LogP contribution in [0.25, 0.3) is 0 Å². The molecule has 8 nitrogen and oxygen atoms in total. The average molecular weight is 391 g/mol. The van der Waals surface area contributed by atoms with Gasteiger partial charge in [0.2, 0.25) is 5.95 Å². The van der Waals surface area contributed by atoms with E-state index in [1.165, 1.54) is 0 Å². The normalized spacial score (nSPS) is 14.7. The van der Waals surface area contributed by atoms with Crippen molar-refractivity contribution in [3.05, 3.63) is 35.0 Å². The number of piperidine rings is 1. The number of amides is 1. The predicted molar refractivity (Wildman–Crippen MR) is 105 cm³/mol. The summed E-state index contributed by atoms with van der Waals surface area (Å²) in [6.45, 7) is 5.48. The van der Waals surface area contributed by atoms with Crippen LogP contribution in [0, 0.1) is 6.92 Å². The Labute approximate surface area is 163 Å². The van der Waals surface area contributed by atoms with Crippen molar-refractivity contribution in [1.29, 1.82) is 0 Å². The number of benzene rings is 1. The van der Waals surface area contributed by atoms with Gasteiger partial charge in [-0.15, -0.1) is 5.10 Å². The lowest BCUT2D eigenvalue weighted by molar-refractivity contribution is 0.0983. The number of ether oxygens (including phenoxy) is 1. The van der Waals surface area contributed by atoms with Gasteiger partial charge in [0.25, 0.3) is 0 Å². The first kappa shape index (κ1) is 19.2. The van der Waals surface area contributed by atoms with E-state index in [0.29, 0.717) is 36.5 Å². The number of hydrogen-bond donors (Lipinski definition) is 2. The molecule has 0 radical (unpaired) electrons. The number of rotatable bonds is 5. The number of halogens is 1. The lowest BCUT2D eigenvalue weighted by Crippen LogP contribution is -2.42.